The molecule has 1 aromatic carbocycles. The molecule has 2 aromatic heterocycles. The van der Waals surface area contributed by atoms with E-state index in [4.69, 9.17) is 17.3 Å². The molecule has 0 saturated heterocycles. The lowest BCUT2D eigenvalue weighted by atomic mass is 10.1. The van der Waals surface area contributed by atoms with Crippen LogP contribution >= 0.6 is 11.6 Å². The highest BCUT2D eigenvalue weighted by Crippen LogP contribution is 2.20. The Morgan fingerprint density at radius 1 is 1.32 bits per heavy atom. The lowest BCUT2D eigenvalue weighted by Crippen LogP contribution is -2.20. The van der Waals surface area contributed by atoms with Crippen LogP contribution in [0.3, 0.4) is 0 Å². The Bertz CT molecular complexity index is 892. The first-order valence-electron chi connectivity index (χ1n) is 6.70. The first kappa shape index (κ1) is 14.3. The Labute approximate surface area is 131 Å². The second kappa shape index (κ2) is 5.65. The molecule has 112 valence electrons. The Morgan fingerprint density at radius 3 is 2.91 bits per heavy atom. The maximum absolute atomic E-state index is 12.2. The number of anilines is 2. The third kappa shape index (κ3) is 2.87. The predicted molar refractivity (Wildman–Crippen MR) is 88.1 cm³/mol. The minimum absolute atomic E-state index is 0.168. The summed E-state index contributed by atoms with van der Waals surface area (Å²) >= 11 is 6.00. The molecule has 0 fully saturated rings. The van der Waals surface area contributed by atoms with E-state index in [2.05, 4.69) is 20.3 Å². The number of aromatic nitrogens is 3. The van der Waals surface area contributed by atoms with Gasteiger partial charge in [-0.3, -0.25) is 4.79 Å². The molecule has 2 heterocycles. The summed E-state index contributed by atoms with van der Waals surface area (Å²) in [6.07, 6.45) is 1.56. The van der Waals surface area contributed by atoms with Crippen molar-refractivity contribution in [2.75, 3.05) is 11.1 Å². The topological polar surface area (TPSA) is 96.7 Å². The zero-order valence-corrected chi connectivity index (χ0v) is 12.6. The molecule has 22 heavy (non-hydrogen) atoms. The van der Waals surface area contributed by atoms with E-state index >= 15 is 0 Å². The molecule has 0 saturated carbocycles. The van der Waals surface area contributed by atoms with Crippen molar-refractivity contribution in [3.05, 3.63) is 57.5 Å². The number of nitrogen functional groups attached to an aromatic ring is 1. The molecule has 0 aliphatic carbocycles. The van der Waals surface area contributed by atoms with Crippen molar-refractivity contribution in [2.24, 2.45) is 0 Å². The van der Waals surface area contributed by atoms with E-state index < -0.39 is 0 Å². The number of halogens is 1. The molecule has 3 rings (SSSR count). The molecular formula is C15H14ClN5O. The van der Waals surface area contributed by atoms with Crippen LogP contribution < -0.4 is 16.6 Å². The van der Waals surface area contributed by atoms with Crippen LogP contribution in [-0.2, 0) is 0 Å². The van der Waals surface area contributed by atoms with Crippen LogP contribution in [0.15, 0.2) is 41.3 Å². The van der Waals surface area contributed by atoms with Gasteiger partial charge in [-0.2, -0.15) is 4.98 Å². The van der Waals surface area contributed by atoms with Crippen LogP contribution in [0.1, 0.15) is 18.5 Å². The summed E-state index contributed by atoms with van der Waals surface area (Å²) in [4.78, 5) is 23.2. The monoisotopic (exact) mass is 315 g/mol. The van der Waals surface area contributed by atoms with Gasteiger partial charge < -0.3 is 16.0 Å². The molecule has 0 spiro atoms. The number of hydrogen-bond donors (Lipinski definition) is 3. The van der Waals surface area contributed by atoms with Gasteiger partial charge in [0.25, 0.3) is 5.56 Å². The molecule has 3 aromatic rings. The van der Waals surface area contributed by atoms with E-state index in [0.29, 0.717) is 22.4 Å². The van der Waals surface area contributed by atoms with Gasteiger partial charge in [0.05, 0.1) is 6.04 Å². The second-order valence-electron chi connectivity index (χ2n) is 4.96. The van der Waals surface area contributed by atoms with Crippen LogP contribution in [0.4, 0.5) is 11.8 Å². The number of aromatic amines is 1. The zero-order valence-electron chi connectivity index (χ0n) is 11.8. The first-order chi connectivity index (χ1) is 10.5. The summed E-state index contributed by atoms with van der Waals surface area (Å²) in [7, 11) is 0. The van der Waals surface area contributed by atoms with E-state index in [1.807, 2.05) is 13.0 Å². The summed E-state index contributed by atoms with van der Waals surface area (Å²) in [6.45, 7) is 1.85. The molecule has 1 atom stereocenters. The van der Waals surface area contributed by atoms with Crippen LogP contribution in [0.2, 0.25) is 5.02 Å². The highest BCUT2D eigenvalue weighted by molar-refractivity contribution is 6.31. The third-order valence-electron chi connectivity index (χ3n) is 3.32. The smallest absolute Gasteiger partial charge is 0.253 e. The van der Waals surface area contributed by atoms with Crippen molar-refractivity contribution in [1.82, 2.24) is 15.0 Å². The summed E-state index contributed by atoms with van der Waals surface area (Å²) < 4.78 is 0. The maximum atomic E-state index is 12.2. The number of fused-ring (bicyclic) bond motifs is 1. The molecule has 7 heteroatoms. The fourth-order valence-corrected chi connectivity index (χ4v) is 2.41. The third-order valence-corrected chi connectivity index (χ3v) is 3.56. The van der Waals surface area contributed by atoms with Crippen LogP contribution in [0.5, 0.6) is 0 Å². The minimum Gasteiger partial charge on any atom is -0.384 e. The molecule has 4 N–H and O–H groups in total. The van der Waals surface area contributed by atoms with E-state index in [-0.39, 0.29) is 11.6 Å². The standard InChI is InChI=1S/C15H14ClN5O/c1-8(19-15-18-5-4-13(17)21-15)11-7-9-6-10(16)2-3-12(9)20-14(11)22/h2-8H,1H3,(H,20,22)(H3,17,18,19,21). The quantitative estimate of drug-likeness (QED) is 0.690. The van der Waals surface area contributed by atoms with Crippen molar-refractivity contribution >= 4 is 34.3 Å². The van der Waals surface area contributed by atoms with Crippen LogP contribution in [0, 0.1) is 0 Å². The van der Waals surface area contributed by atoms with Gasteiger partial charge in [0.15, 0.2) is 0 Å². The fourth-order valence-electron chi connectivity index (χ4n) is 2.23. The average molecular weight is 316 g/mol. The molecular weight excluding hydrogens is 302 g/mol. The first-order valence-corrected chi connectivity index (χ1v) is 7.08. The van der Waals surface area contributed by atoms with Gasteiger partial charge >= 0.3 is 0 Å². The number of rotatable bonds is 3. The van der Waals surface area contributed by atoms with Crippen molar-refractivity contribution in [2.45, 2.75) is 13.0 Å². The summed E-state index contributed by atoms with van der Waals surface area (Å²) in [6, 6.07) is 8.45. The van der Waals surface area contributed by atoms with Crippen LogP contribution in [-0.4, -0.2) is 15.0 Å². The van der Waals surface area contributed by atoms with Gasteiger partial charge in [-0.15, -0.1) is 0 Å². The van der Waals surface area contributed by atoms with Crippen molar-refractivity contribution in [3.63, 3.8) is 0 Å². The number of nitrogens with two attached hydrogens (primary N) is 1. The Balaban J connectivity index is 1.98. The Kier molecular flexibility index (Phi) is 3.68. The molecule has 0 aliphatic heterocycles. The van der Waals surface area contributed by atoms with Crippen molar-refractivity contribution < 1.29 is 0 Å². The summed E-state index contributed by atoms with van der Waals surface area (Å²) in [5.41, 5.74) is 6.76. The number of pyridine rings is 1. The van der Waals surface area contributed by atoms with E-state index in [1.165, 1.54) is 0 Å². The molecule has 1 unspecified atom stereocenters. The molecule has 0 aliphatic rings. The number of H-pyrrole nitrogens is 1. The lowest BCUT2D eigenvalue weighted by Gasteiger charge is -2.14. The van der Waals surface area contributed by atoms with Gasteiger partial charge in [0.2, 0.25) is 5.95 Å². The minimum atomic E-state index is -0.283. The normalized spacial score (nSPS) is 12.3. The van der Waals surface area contributed by atoms with E-state index in [1.54, 1.807) is 30.5 Å². The van der Waals surface area contributed by atoms with Crippen molar-refractivity contribution in [1.29, 1.82) is 0 Å². The van der Waals surface area contributed by atoms with E-state index in [9.17, 15) is 4.79 Å². The average Bonchev–Trinajstić information content (AvgIpc) is 2.47. The largest absolute Gasteiger partial charge is 0.384 e. The molecule has 0 amide bonds. The molecule has 6 nitrogen and oxygen atoms in total. The van der Waals surface area contributed by atoms with Gasteiger partial charge in [-0.1, -0.05) is 11.6 Å². The van der Waals surface area contributed by atoms with Gasteiger partial charge in [-0.05, 0) is 37.3 Å². The zero-order chi connectivity index (χ0) is 15.7. The second-order valence-corrected chi connectivity index (χ2v) is 5.39. The number of benzene rings is 1. The van der Waals surface area contributed by atoms with Gasteiger partial charge in [0, 0.05) is 27.7 Å². The number of nitrogens with zero attached hydrogens (tertiary/aromatic N) is 2. The van der Waals surface area contributed by atoms with Crippen LogP contribution in [0.25, 0.3) is 10.9 Å². The SMILES string of the molecule is CC(Nc1nccc(N)n1)c1cc2cc(Cl)ccc2[nH]c1=O. The predicted octanol–water partition coefficient (Wildman–Crippen LogP) is 2.73. The van der Waals surface area contributed by atoms with Gasteiger partial charge in [-0.25, -0.2) is 4.98 Å². The Hall–Kier alpha value is -2.60. The van der Waals surface area contributed by atoms with E-state index in [0.717, 1.165) is 10.9 Å². The summed E-state index contributed by atoms with van der Waals surface area (Å²) in [5.74, 6) is 0.738. The number of nitrogens with one attached hydrogen (secondary N) is 2. The van der Waals surface area contributed by atoms with Crippen molar-refractivity contribution in [3.8, 4) is 0 Å². The Morgan fingerprint density at radius 2 is 2.14 bits per heavy atom. The fraction of sp³-hybridized carbons (Fsp3) is 0.133. The van der Waals surface area contributed by atoms with Gasteiger partial charge in [0.1, 0.15) is 5.82 Å². The lowest BCUT2D eigenvalue weighted by molar-refractivity contribution is 0.846. The number of hydrogen-bond acceptors (Lipinski definition) is 5. The molecule has 0 bridgehead atoms. The highest BCUT2D eigenvalue weighted by atomic mass is 35.5. The maximum Gasteiger partial charge on any atom is 0.253 e. The highest BCUT2D eigenvalue weighted by Gasteiger charge is 2.12. The molecule has 0 radical (unpaired) electrons. The summed E-state index contributed by atoms with van der Waals surface area (Å²) in [5, 5.41) is 4.54.